The first-order chi connectivity index (χ1) is 19.4. The number of aromatic nitrogens is 4. The fourth-order valence-electron chi connectivity index (χ4n) is 4.90. The Labute approximate surface area is 239 Å². The molecule has 1 atom stereocenters. The molecule has 9 nitrogen and oxygen atoms in total. The van der Waals surface area contributed by atoms with E-state index < -0.39 is 0 Å². The molecule has 3 aromatic heterocycles. The first kappa shape index (κ1) is 27.3. The van der Waals surface area contributed by atoms with Gasteiger partial charge in [0.15, 0.2) is 0 Å². The number of rotatable bonds is 9. The lowest BCUT2D eigenvalue weighted by molar-refractivity contribution is 0.0793. The summed E-state index contributed by atoms with van der Waals surface area (Å²) in [6.07, 6.45) is 6.66. The predicted octanol–water partition coefficient (Wildman–Crippen LogP) is 5.26. The van der Waals surface area contributed by atoms with Crippen molar-refractivity contribution in [1.82, 2.24) is 29.7 Å². The fraction of sp³-hybridized carbons (Fsp3) is 0.367. The van der Waals surface area contributed by atoms with Gasteiger partial charge in [0, 0.05) is 75.4 Å². The van der Waals surface area contributed by atoms with E-state index in [4.69, 9.17) is 9.97 Å². The van der Waals surface area contributed by atoms with Crippen LogP contribution in [0.2, 0.25) is 0 Å². The van der Waals surface area contributed by atoms with Crippen LogP contribution in [-0.2, 0) is 0 Å². The fourth-order valence-corrected chi connectivity index (χ4v) is 5.81. The van der Waals surface area contributed by atoms with Crippen molar-refractivity contribution in [3.8, 4) is 22.5 Å². The summed E-state index contributed by atoms with van der Waals surface area (Å²) in [6.45, 7) is 6.48. The highest BCUT2D eigenvalue weighted by molar-refractivity contribution is 7.21. The second-order valence-corrected chi connectivity index (χ2v) is 10.9. The van der Waals surface area contributed by atoms with Crippen molar-refractivity contribution >= 4 is 45.0 Å². The van der Waals surface area contributed by atoms with Crippen LogP contribution in [-0.4, -0.2) is 75.4 Å². The van der Waals surface area contributed by atoms with Gasteiger partial charge in [-0.1, -0.05) is 25.0 Å². The van der Waals surface area contributed by atoms with E-state index in [2.05, 4.69) is 39.1 Å². The number of hydrogen-bond acceptors (Lipinski definition) is 9. The smallest absolute Gasteiger partial charge is 0.253 e. The van der Waals surface area contributed by atoms with Crippen molar-refractivity contribution in [3.63, 3.8) is 0 Å². The van der Waals surface area contributed by atoms with E-state index in [-0.39, 0.29) is 11.9 Å². The molecular formula is C30H34N8OS. The van der Waals surface area contributed by atoms with Crippen LogP contribution < -0.4 is 10.2 Å². The normalized spacial score (nSPS) is 13.6. The molecule has 0 saturated carbocycles. The Hall–Kier alpha value is -4.23. The van der Waals surface area contributed by atoms with Gasteiger partial charge in [0.1, 0.15) is 16.6 Å². The molecule has 10 heteroatoms. The molecule has 1 unspecified atom stereocenters. The third kappa shape index (κ3) is 6.15. The van der Waals surface area contributed by atoms with Gasteiger partial charge in [-0.05, 0) is 44.4 Å². The summed E-state index contributed by atoms with van der Waals surface area (Å²) in [6, 6.07) is 14.9. The van der Waals surface area contributed by atoms with E-state index >= 15 is 0 Å². The van der Waals surface area contributed by atoms with E-state index in [0.29, 0.717) is 17.3 Å². The molecule has 40 heavy (non-hydrogen) atoms. The number of pyridine rings is 1. The number of benzene rings is 1. The van der Waals surface area contributed by atoms with Crippen LogP contribution in [0.4, 0.5) is 17.6 Å². The molecule has 206 valence electrons. The van der Waals surface area contributed by atoms with Gasteiger partial charge in [-0.2, -0.15) is 4.98 Å². The average molecular weight is 555 g/mol. The Kier molecular flexibility index (Phi) is 8.41. The van der Waals surface area contributed by atoms with Crippen molar-refractivity contribution in [3.05, 3.63) is 54.4 Å². The number of likely N-dealkylation sites (tertiary alicyclic amines) is 1. The van der Waals surface area contributed by atoms with Gasteiger partial charge in [-0.25, -0.2) is 15.0 Å². The van der Waals surface area contributed by atoms with Gasteiger partial charge in [0.05, 0.1) is 10.2 Å². The van der Waals surface area contributed by atoms with Gasteiger partial charge in [-0.3, -0.25) is 4.79 Å². The molecule has 1 aliphatic rings. The lowest BCUT2D eigenvalue weighted by Gasteiger charge is -2.30. The Bertz CT molecular complexity index is 1550. The Morgan fingerprint density at radius 1 is 1.15 bits per heavy atom. The zero-order valence-corrected chi connectivity index (χ0v) is 24.2. The molecule has 1 fully saturated rings. The number of anilines is 3. The van der Waals surface area contributed by atoms with Gasteiger partial charge in [-0.15, -0.1) is 11.3 Å². The molecule has 1 aliphatic heterocycles. The summed E-state index contributed by atoms with van der Waals surface area (Å²) in [5, 5.41) is 4.09. The lowest BCUT2D eigenvalue weighted by Crippen LogP contribution is -2.39. The number of fused-ring (bicyclic) bond motifs is 1. The van der Waals surface area contributed by atoms with Crippen LogP contribution in [0.1, 0.15) is 43.5 Å². The lowest BCUT2D eigenvalue weighted by atomic mass is 10.1. The molecule has 4 aromatic rings. The van der Waals surface area contributed by atoms with E-state index in [0.717, 1.165) is 65.5 Å². The van der Waals surface area contributed by atoms with Crippen LogP contribution >= 0.6 is 11.3 Å². The molecule has 0 radical (unpaired) electrons. The molecule has 0 bridgehead atoms. The highest BCUT2D eigenvalue weighted by atomic mass is 32.1. The topological polar surface area (TPSA) is 90.4 Å². The quantitative estimate of drug-likeness (QED) is 0.222. The number of carbonyl (C=O) groups excluding carboxylic acids is 1. The Morgan fingerprint density at radius 3 is 2.75 bits per heavy atom. The zero-order valence-electron chi connectivity index (χ0n) is 23.4. The predicted molar refractivity (Wildman–Crippen MR) is 162 cm³/mol. The number of nitrogens with one attached hydrogen (secondary N) is 1. The number of thiazole rings is 1. The number of hydrogen-bond donors (Lipinski definition) is 1. The zero-order chi connectivity index (χ0) is 28.1. The third-order valence-corrected chi connectivity index (χ3v) is 8.13. The van der Waals surface area contributed by atoms with Crippen molar-refractivity contribution in [2.45, 2.75) is 39.2 Å². The van der Waals surface area contributed by atoms with E-state index in [1.165, 1.54) is 0 Å². The molecule has 4 heterocycles. The molecule has 5 rings (SSSR count). The Morgan fingerprint density at radius 2 is 1.98 bits per heavy atom. The molecule has 1 amide bonds. The SMILES string of the molecule is CC#CN(C)CC(CC)N(C)c1ccnc(Nc2cc3nc(-c4cccc(C(=O)N5CCCC5)c4)sc3cn2)n1. The van der Waals surface area contributed by atoms with Gasteiger partial charge >= 0.3 is 0 Å². The first-order valence-corrected chi connectivity index (χ1v) is 14.4. The monoisotopic (exact) mass is 554 g/mol. The van der Waals surface area contributed by atoms with Gasteiger partial charge in [0.2, 0.25) is 5.95 Å². The van der Waals surface area contributed by atoms with Crippen molar-refractivity contribution in [1.29, 1.82) is 0 Å². The summed E-state index contributed by atoms with van der Waals surface area (Å²) < 4.78 is 0.969. The summed E-state index contributed by atoms with van der Waals surface area (Å²) in [7, 11) is 4.04. The van der Waals surface area contributed by atoms with E-state index in [1.807, 2.05) is 73.4 Å². The van der Waals surface area contributed by atoms with Crippen molar-refractivity contribution < 1.29 is 4.79 Å². The summed E-state index contributed by atoms with van der Waals surface area (Å²) in [5.41, 5.74) is 2.46. The number of amides is 1. The largest absolute Gasteiger partial charge is 0.355 e. The highest BCUT2D eigenvalue weighted by Gasteiger charge is 2.20. The molecular weight excluding hydrogens is 520 g/mol. The van der Waals surface area contributed by atoms with Crippen LogP contribution in [0, 0.1) is 12.0 Å². The third-order valence-electron chi connectivity index (χ3n) is 7.07. The van der Waals surface area contributed by atoms with Crippen molar-refractivity contribution in [2.75, 3.05) is 43.9 Å². The van der Waals surface area contributed by atoms with Crippen LogP contribution in [0.5, 0.6) is 0 Å². The van der Waals surface area contributed by atoms with Crippen LogP contribution in [0.15, 0.2) is 48.8 Å². The van der Waals surface area contributed by atoms with Crippen LogP contribution in [0.3, 0.4) is 0 Å². The second kappa shape index (κ2) is 12.3. The number of likely N-dealkylation sites (N-methyl/N-ethyl adjacent to an activating group) is 2. The minimum atomic E-state index is 0.0911. The van der Waals surface area contributed by atoms with E-state index in [1.54, 1.807) is 17.5 Å². The van der Waals surface area contributed by atoms with Gasteiger partial charge < -0.3 is 20.0 Å². The number of nitrogens with zero attached hydrogens (tertiary/aromatic N) is 7. The standard InChI is InChI=1S/C30H34N8OS/c1-5-14-36(3)20-23(6-2)37(4)27-12-13-31-30(35-27)34-26-18-24-25(19-32-26)40-28(33-24)21-10-9-11-22(17-21)29(39)38-15-7-8-16-38/h9-13,17-19,23H,6-8,15-16,20H2,1-4H3,(H,31,32,34,35). The van der Waals surface area contributed by atoms with Gasteiger partial charge in [0.25, 0.3) is 5.91 Å². The van der Waals surface area contributed by atoms with Crippen LogP contribution in [0.25, 0.3) is 20.8 Å². The molecule has 1 N–H and O–H groups in total. The summed E-state index contributed by atoms with van der Waals surface area (Å²) in [5.74, 6) is 4.95. The molecule has 0 aliphatic carbocycles. The molecule has 0 spiro atoms. The molecule has 1 aromatic carbocycles. The average Bonchev–Trinajstić information content (AvgIpc) is 3.66. The Balaban J connectivity index is 1.32. The minimum Gasteiger partial charge on any atom is -0.355 e. The maximum atomic E-state index is 12.9. The second-order valence-electron chi connectivity index (χ2n) is 9.92. The maximum absolute atomic E-state index is 12.9. The highest BCUT2D eigenvalue weighted by Crippen LogP contribution is 2.32. The first-order valence-electron chi connectivity index (χ1n) is 13.6. The number of carbonyl (C=O) groups is 1. The van der Waals surface area contributed by atoms with Crippen molar-refractivity contribution in [2.24, 2.45) is 0 Å². The van der Waals surface area contributed by atoms with E-state index in [9.17, 15) is 4.79 Å². The minimum absolute atomic E-state index is 0.0911. The summed E-state index contributed by atoms with van der Waals surface area (Å²) in [4.78, 5) is 37.6. The maximum Gasteiger partial charge on any atom is 0.253 e. The molecule has 1 saturated heterocycles. The summed E-state index contributed by atoms with van der Waals surface area (Å²) >= 11 is 1.56.